The largest absolute Gasteiger partial charge is 0.297 e. The highest BCUT2D eigenvalue weighted by molar-refractivity contribution is 5.09. The molecule has 1 saturated heterocycles. The summed E-state index contributed by atoms with van der Waals surface area (Å²) >= 11 is 0. The van der Waals surface area contributed by atoms with Crippen LogP contribution in [0.1, 0.15) is 17.8 Å². The second-order valence-electron chi connectivity index (χ2n) is 4.85. The number of hydrogen-bond donors (Lipinski definition) is 0. The van der Waals surface area contributed by atoms with Crippen LogP contribution in [0.25, 0.3) is 0 Å². The van der Waals surface area contributed by atoms with Crippen molar-refractivity contribution in [1.82, 2.24) is 14.7 Å². The van der Waals surface area contributed by atoms with Crippen LogP contribution in [0.3, 0.4) is 0 Å². The van der Waals surface area contributed by atoms with Crippen LogP contribution in [0.5, 0.6) is 0 Å². The van der Waals surface area contributed by atoms with Gasteiger partial charge in [-0.3, -0.25) is 9.58 Å². The van der Waals surface area contributed by atoms with Crippen molar-refractivity contribution in [3.05, 3.63) is 17.5 Å². The molecule has 0 N–H and O–H groups in total. The Kier molecular flexibility index (Phi) is 1.71. The number of aromatic nitrogens is 2. The second-order valence-corrected chi connectivity index (χ2v) is 4.85. The van der Waals surface area contributed by atoms with Gasteiger partial charge in [0.25, 0.3) is 0 Å². The topological polar surface area (TPSA) is 21.1 Å². The molecule has 2 fully saturated rings. The molecule has 2 heterocycles. The zero-order valence-corrected chi connectivity index (χ0v) is 8.90. The highest BCUT2D eigenvalue weighted by atomic mass is 15.3. The Morgan fingerprint density at radius 2 is 2.14 bits per heavy atom. The summed E-state index contributed by atoms with van der Waals surface area (Å²) in [4.78, 5) is 2.54. The van der Waals surface area contributed by atoms with Gasteiger partial charge in [-0.05, 0) is 31.2 Å². The maximum Gasteiger partial charge on any atom is 0.0767 e. The van der Waals surface area contributed by atoms with E-state index in [1.165, 1.54) is 30.9 Å². The molecule has 1 saturated carbocycles. The summed E-state index contributed by atoms with van der Waals surface area (Å²) in [6.45, 7) is 5.77. The van der Waals surface area contributed by atoms with E-state index < -0.39 is 0 Å². The predicted molar refractivity (Wildman–Crippen MR) is 54.8 cm³/mol. The highest BCUT2D eigenvalue weighted by Crippen LogP contribution is 2.45. The molecule has 2 atom stereocenters. The van der Waals surface area contributed by atoms with Crippen molar-refractivity contribution >= 4 is 0 Å². The van der Waals surface area contributed by atoms with Crippen molar-refractivity contribution < 1.29 is 0 Å². The van der Waals surface area contributed by atoms with E-state index in [0.29, 0.717) is 0 Å². The third-order valence-corrected chi connectivity index (χ3v) is 3.60. The second kappa shape index (κ2) is 2.83. The van der Waals surface area contributed by atoms with E-state index in [0.717, 1.165) is 18.4 Å². The molecule has 1 aromatic heterocycles. The molecular weight excluding hydrogens is 174 g/mol. The number of piperidine rings is 1. The van der Waals surface area contributed by atoms with Gasteiger partial charge in [0, 0.05) is 32.4 Å². The molecule has 0 spiro atoms. The molecule has 0 amide bonds. The van der Waals surface area contributed by atoms with E-state index in [1.807, 2.05) is 11.7 Å². The first-order valence-corrected chi connectivity index (χ1v) is 5.44. The average molecular weight is 191 g/mol. The molecule has 2 unspecified atom stereocenters. The summed E-state index contributed by atoms with van der Waals surface area (Å²) in [5.74, 6) is 2.06. The smallest absolute Gasteiger partial charge is 0.0767 e. The van der Waals surface area contributed by atoms with E-state index in [9.17, 15) is 0 Å². The Bertz CT molecular complexity index is 326. The lowest BCUT2D eigenvalue weighted by Crippen LogP contribution is -2.22. The highest BCUT2D eigenvalue weighted by Gasteiger charge is 2.44. The minimum atomic E-state index is 1.03. The minimum absolute atomic E-state index is 1.03. The Morgan fingerprint density at radius 3 is 2.71 bits per heavy atom. The molecule has 0 aromatic carbocycles. The maximum atomic E-state index is 4.49. The third-order valence-electron chi connectivity index (χ3n) is 3.60. The monoisotopic (exact) mass is 191 g/mol. The van der Waals surface area contributed by atoms with Crippen LogP contribution >= 0.6 is 0 Å². The summed E-state index contributed by atoms with van der Waals surface area (Å²) in [7, 11) is 2.01. The molecule has 1 aliphatic carbocycles. The van der Waals surface area contributed by atoms with E-state index in [4.69, 9.17) is 0 Å². The molecule has 76 valence electrons. The van der Waals surface area contributed by atoms with E-state index in [-0.39, 0.29) is 0 Å². The molecule has 2 aliphatic rings. The van der Waals surface area contributed by atoms with Crippen molar-refractivity contribution in [3.8, 4) is 0 Å². The quantitative estimate of drug-likeness (QED) is 0.700. The van der Waals surface area contributed by atoms with Crippen LogP contribution in [0.15, 0.2) is 6.07 Å². The first-order valence-electron chi connectivity index (χ1n) is 5.44. The Hall–Kier alpha value is -0.830. The summed E-state index contributed by atoms with van der Waals surface area (Å²) in [5, 5.41) is 4.49. The Labute approximate surface area is 84.7 Å². The number of fused-ring (bicyclic) bond motifs is 1. The molecule has 3 heteroatoms. The van der Waals surface area contributed by atoms with Gasteiger partial charge >= 0.3 is 0 Å². The van der Waals surface area contributed by atoms with Crippen molar-refractivity contribution in [2.75, 3.05) is 13.1 Å². The van der Waals surface area contributed by atoms with Gasteiger partial charge in [-0.25, -0.2) is 0 Å². The minimum Gasteiger partial charge on any atom is -0.297 e. The summed E-state index contributed by atoms with van der Waals surface area (Å²) < 4.78 is 1.96. The fraction of sp³-hybridized carbons (Fsp3) is 0.727. The van der Waals surface area contributed by atoms with Crippen LogP contribution in [0.2, 0.25) is 0 Å². The SMILES string of the molecule is Cc1cc(CN2CC3CC3C2)nn1C. The third kappa shape index (κ3) is 1.36. The van der Waals surface area contributed by atoms with Crippen molar-refractivity contribution in [2.24, 2.45) is 18.9 Å². The number of likely N-dealkylation sites (tertiary alicyclic amines) is 1. The van der Waals surface area contributed by atoms with Crippen LogP contribution < -0.4 is 0 Å². The zero-order chi connectivity index (χ0) is 9.71. The maximum absolute atomic E-state index is 4.49. The van der Waals surface area contributed by atoms with Gasteiger partial charge in [0.2, 0.25) is 0 Å². The number of aryl methyl sites for hydroxylation is 2. The van der Waals surface area contributed by atoms with Gasteiger partial charge in [0.1, 0.15) is 0 Å². The van der Waals surface area contributed by atoms with Gasteiger partial charge in [-0.2, -0.15) is 5.10 Å². The first-order chi connectivity index (χ1) is 6.72. The predicted octanol–water partition coefficient (Wildman–Crippen LogP) is 1.18. The lowest BCUT2D eigenvalue weighted by Gasteiger charge is -2.15. The standard InChI is InChI=1S/C11H17N3/c1-8-3-11(12-13(8)2)7-14-5-9-4-10(9)6-14/h3,9-10H,4-7H2,1-2H3. The zero-order valence-electron chi connectivity index (χ0n) is 8.90. The van der Waals surface area contributed by atoms with Gasteiger partial charge < -0.3 is 0 Å². The first kappa shape index (κ1) is 8.48. The van der Waals surface area contributed by atoms with Crippen LogP contribution in [0, 0.1) is 18.8 Å². The van der Waals surface area contributed by atoms with Crippen molar-refractivity contribution in [2.45, 2.75) is 19.9 Å². The van der Waals surface area contributed by atoms with Gasteiger partial charge in [-0.1, -0.05) is 0 Å². The molecule has 3 rings (SSSR count). The van der Waals surface area contributed by atoms with E-state index in [1.54, 1.807) is 0 Å². The van der Waals surface area contributed by atoms with Crippen LogP contribution in [-0.4, -0.2) is 27.8 Å². The molecule has 3 nitrogen and oxygen atoms in total. The fourth-order valence-corrected chi connectivity index (χ4v) is 2.57. The summed E-state index contributed by atoms with van der Waals surface area (Å²) in [6, 6.07) is 2.20. The average Bonchev–Trinajstić information content (AvgIpc) is 2.60. The summed E-state index contributed by atoms with van der Waals surface area (Å²) in [6.07, 6.45) is 1.48. The Morgan fingerprint density at radius 1 is 1.43 bits per heavy atom. The van der Waals surface area contributed by atoms with Crippen molar-refractivity contribution in [3.63, 3.8) is 0 Å². The Balaban J connectivity index is 1.66. The molecule has 0 radical (unpaired) electrons. The lowest BCUT2D eigenvalue weighted by molar-refractivity contribution is 0.292. The van der Waals surface area contributed by atoms with Crippen molar-refractivity contribution in [1.29, 1.82) is 0 Å². The number of hydrogen-bond acceptors (Lipinski definition) is 2. The number of nitrogens with zero attached hydrogens (tertiary/aromatic N) is 3. The molecule has 1 aliphatic heterocycles. The van der Waals surface area contributed by atoms with Gasteiger partial charge in [0.05, 0.1) is 5.69 Å². The number of rotatable bonds is 2. The lowest BCUT2D eigenvalue weighted by atomic mass is 10.3. The van der Waals surface area contributed by atoms with Gasteiger partial charge in [0.15, 0.2) is 0 Å². The van der Waals surface area contributed by atoms with Crippen LogP contribution in [-0.2, 0) is 13.6 Å². The van der Waals surface area contributed by atoms with Crippen LogP contribution in [0.4, 0.5) is 0 Å². The molecule has 14 heavy (non-hydrogen) atoms. The van der Waals surface area contributed by atoms with E-state index >= 15 is 0 Å². The molecular formula is C11H17N3. The molecule has 0 bridgehead atoms. The van der Waals surface area contributed by atoms with Gasteiger partial charge in [-0.15, -0.1) is 0 Å². The molecule has 1 aromatic rings. The summed E-state index contributed by atoms with van der Waals surface area (Å²) in [5.41, 5.74) is 2.48. The van der Waals surface area contributed by atoms with E-state index in [2.05, 4.69) is 23.0 Å². The normalized spacial score (nSPS) is 30.7. The fourth-order valence-electron chi connectivity index (χ4n) is 2.57.